The third-order valence-corrected chi connectivity index (χ3v) is 11.7. The minimum Gasteiger partial charge on any atom is -0.462 e. The van der Waals surface area contributed by atoms with E-state index in [1.54, 1.807) is 0 Å². The van der Waals surface area contributed by atoms with E-state index < -0.39 is 6.10 Å². The highest BCUT2D eigenvalue weighted by Crippen LogP contribution is 2.15. The molecule has 0 aliphatic rings. The molecule has 0 N–H and O–H groups in total. The lowest BCUT2D eigenvalue weighted by atomic mass is 10.0. The summed E-state index contributed by atoms with van der Waals surface area (Å²) in [5, 5.41) is 0. The van der Waals surface area contributed by atoms with Gasteiger partial charge in [0.25, 0.3) is 0 Å². The largest absolute Gasteiger partial charge is 0.462 e. The summed E-state index contributed by atoms with van der Waals surface area (Å²) in [7, 11) is 0. The molecule has 0 rings (SSSR count). The third kappa shape index (κ3) is 53.0. The van der Waals surface area contributed by atoms with Crippen LogP contribution in [0, 0.1) is 0 Å². The van der Waals surface area contributed by atoms with Gasteiger partial charge in [0.05, 0.1) is 0 Å². The van der Waals surface area contributed by atoms with Crippen molar-refractivity contribution in [1.29, 1.82) is 0 Å². The zero-order chi connectivity index (χ0) is 49.3. The Hall–Kier alpha value is -3.93. The number of carbonyl (C=O) groups excluding carboxylic acids is 3. The van der Waals surface area contributed by atoms with Gasteiger partial charge < -0.3 is 14.2 Å². The molecule has 0 aliphatic carbocycles. The topological polar surface area (TPSA) is 78.9 Å². The van der Waals surface area contributed by atoms with Crippen molar-refractivity contribution in [1.82, 2.24) is 0 Å². The van der Waals surface area contributed by atoms with Gasteiger partial charge in [0.1, 0.15) is 13.2 Å². The minimum absolute atomic E-state index is 0.0992. The summed E-state index contributed by atoms with van der Waals surface area (Å²) >= 11 is 0. The Bertz CT molecular complexity index is 1410. The van der Waals surface area contributed by atoms with Crippen molar-refractivity contribution in [2.45, 2.75) is 252 Å². The minimum atomic E-state index is -0.806. The molecule has 0 bridgehead atoms. The van der Waals surface area contributed by atoms with E-state index >= 15 is 0 Å². The van der Waals surface area contributed by atoms with Crippen molar-refractivity contribution in [3.05, 3.63) is 109 Å². The maximum Gasteiger partial charge on any atom is 0.306 e. The van der Waals surface area contributed by atoms with E-state index in [9.17, 15) is 14.4 Å². The normalized spacial score (nSPS) is 12.9. The first kappa shape index (κ1) is 64.1. The van der Waals surface area contributed by atoms with Crippen molar-refractivity contribution >= 4 is 17.9 Å². The Kier molecular flexibility index (Phi) is 52.4. The van der Waals surface area contributed by atoms with Crippen LogP contribution in [-0.2, 0) is 28.6 Å². The molecule has 0 heterocycles. The van der Waals surface area contributed by atoms with Crippen LogP contribution >= 0.6 is 0 Å². The second kappa shape index (κ2) is 55.7. The van der Waals surface area contributed by atoms with Crippen molar-refractivity contribution < 1.29 is 28.6 Å². The van der Waals surface area contributed by atoms with Gasteiger partial charge >= 0.3 is 17.9 Å². The molecule has 6 heteroatoms. The fraction of sp³-hybridized carbons (Fsp3) is 0.661. The fourth-order valence-corrected chi connectivity index (χ4v) is 7.53. The van der Waals surface area contributed by atoms with Crippen LogP contribution in [0.4, 0.5) is 0 Å². The first-order valence-electron chi connectivity index (χ1n) is 28.0. The van der Waals surface area contributed by atoms with Crippen LogP contribution in [0.25, 0.3) is 0 Å². The molecule has 0 fully saturated rings. The Labute approximate surface area is 419 Å². The van der Waals surface area contributed by atoms with Gasteiger partial charge in [-0.3, -0.25) is 14.4 Å². The van der Waals surface area contributed by atoms with Crippen molar-refractivity contribution in [3.8, 4) is 0 Å². The van der Waals surface area contributed by atoms with Gasteiger partial charge in [0.15, 0.2) is 6.10 Å². The van der Waals surface area contributed by atoms with E-state index in [0.717, 1.165) is 89.9 Å². The molecule has 0 aromatic heterocycles. The highest BCUT2D eigenvalue weighted by atomic mass is 16.6. The summed E-state index contributed by atoms with van der Waals surface area (Å²) in [6.07, 6.45) is 74.9. The molecular formula is C62H102O6. The van der Waals surface area contributed by atoms with Gasteiger partial charge in [-0.15, -0.1) is 0 Å². The molecule has 0 aliphatic heterocycles. The summed E-state index contributed by atoms with van der Waals surface area (Å²) in [4.78, 5) is 38.1. The summed E-state index contributed by atoms with van der Waals surface area (Å²) in [6, 6.07) is 0. The molecule has 0 saturated heterocycles. The van der Waals surface area contributed by atoms with Crippen LogP contribution in [0.2, 0.25) is 0 Å². The Morgan fingerprint density at radius 1 is 0.309 bits per heavy atom. The van der Waals surface area contributed by atoms with Crippen LogP contribution in [0.15, 0.2) is 109 Å². The molecule has 0 saturated carbocycles. The van der Waals surface area contributed by atoms with Crippen LogP contribution in [0.5, 0.6) is 0 Å². The van der Waals surface area contributed by atoms with Gasteiger partial charge in [-0.2, -0.15) is 0 Å². The molecule has 0 spiro atoms. The van der Waals surface area contributed by atoms with E-state index in [2.05, 4.69) is 57.2 Å². The number of hydrogen-bond donors (Lipinski definition) is 0. The molecule has 0 radical (unpaired) electrons. The standard InChI is InChI=1S/C62H102O6/c1-4-7-10-13-16-19-22-25-27-29-31-33-34-37-40-43-46-49-52-55-61(64)67-58-59(57-66-60(63)54-51-48-45-42-39-36-24-21-18-15-12-9-6-3)68-62(65)56-53-50-47-44-41-38-35-32-30-28-26-23-20-17-14-11-8-5-2/h7,10,13,16,19,22,25,27-35,37,40,59H,4-6,8-9,11-12,14-15,17-18,20-21,23-24,26,36,38-39,41-58H2,1-3H3/b10-7-,16-13-,22-19-,27-25-,30-28-,31-29+,34-33-,35-32-,40-37-. The second-order valence-corrected chi connectivity index (χ2v) is 18.3. The van der Waals surface area contributed by atoms with Gasteiger partial charge in [0.2, 0.25) is 0 Å². The molecule has 6 nitrogen and oxygen atoms in total. The SMILES string of the molecule is CC\C=C/C=C\C=C/C=C\C=C\C=C/C=C\CCCCCC(=O)OCC(COC(=O)CCCCCCCCCCCCCCC)OC(=O)CCCCCCC/C=C\C=C/CCCCCCCCC. The quantitative estimate of drug-likeness (QED) is 0.0262. The van der Waals surface area contributed by atoms with Crippen molar-refractivity contribution in [2.24, 2.45) is 0 Å². The van der Waals surface area contributed by atoms with Crippen LogP contribution in [0.1, 0.15) is 245 Å². The zero-order valence-corrected chi connectivity index (χ0v) is 44.1. The smallest absolute Gasteiger partial charge is 0.306 e. The molecule has 386 valence electrons. The summed E-state index contributed by atoms with van der Waals surface area (Å²) < 4.78 is 16.8. The Balaban J connectivity index is 4.52. The Morgan fingerprint density at radius 2 is 0.574 bits per heavy atom. The van der Waals surface area contributed by atoms with E-state index in [4.69, 9.17) is 14.2 Å². The molecular weight excluding hydrogens is 841 g/mol. The third-order valence-electron chi connectivity index (χ3n) is 11.7. The fourth-order valence-electron chi connectivity index (χ4n) is 7.53. The first-order valence-corrected chi connectivity index (χ1v) is 28.0. The zero-order valence-electron chi connectivity index (χ0n) is 44.1. The van der Waals surface area contributed by atoms with Gasteiger partial charge in [-0.1, -0.05) is 271 Å². The van der Waals surface area contributed by atoms with Crippen LogP contribution in [0.3, 0.4) is 0 Å². The number of ether oxygens (including phenoxy) is 3. The predicted molar refractivity (Wildman–Crippen MR) is 293 cm³/mol. The van der Waals surface area contributed by atoms with Crippen molar-refractivity contribution in [3.63, 3.8) is 0 Å². The lowest BCUT2D eigenvalue weighted by Gasteiger charge is -2.18. The average Bonchev–Trinajstić information content (AvgIpc) is 3.34. The Morgan fingerprint density at radius 3 is 0.926 bits per heavy atom. The lowest BCUT2D eigenvalue weighted by molar-refractivity contribution is -0.167. The molecule has 68 heavy (non-hydrogen) atoms. The van der Waals surface area contributed by atoms with E-state index in [1.807, 2.05) is 72.9 Å². The van der Waals surface area contributed by atoms with Crippen molar-refractivity contribution in [2.75, 3.05) is 13.2 Å². The average molecular weight is 943 g/mol. The van der Waals surface area contributed by atoms with Gasteiger partial charge in [0, 0.05) is 19.3 Å². The number of allylic oxidation sites excluding steroid dienone is 18. The summed E-state index contributed by atoms with van der Waals surface area (Å²) in [5.41, 5.74) is 0. The van der Waals surface area contributed by atoms with Crippen LogP contribution < -0.4 is 0 Å². The number of rotatable bonds is 49. The summed E-state index contributed by atoms with van der Waals surface area (Å²) in [6.45, 7) is 6.44. The van der Waals surface area contributed by atoms with Gasteiger partial charge in [-0.05, 0) is 64.2 Å². The maximum absolute atomic E-state index is 12.8. The molecule has 0 aromatic rings. The number of hydrogen-bond acceptors (Lipinski definition) is 6. The monoisotopic (exact) mass is 943 g/mol. The van der Waals surface area contributed by atoms with Gasteiger partial charge in [-0.25, -0.2) is 0 Å². The van der Waals surface area contributed by atoms with E-state index in [1.165, 1.54) is 116 Å². The second-order valence-electron chi connectivity index (χ2n) is 18.3. The molecule has 1 atom stereocenters. The molecule has 0 amide bonds. The summed E-state index contributed by atoms with van der Waals surface area (Å²) in [5.74, 6) is -0.960. The lowest BCUT2D eigenvalue weighted by Crippen LogP contribution is -2.30. The molecule has 0 aromatic carbocycles. The van der Waals surface area contributed by atoms with E-state index in [-0.39, 0.29) is 31.1 Å². The number of carbonyl (C=O) groups is 3. The maximum atomic E-state index is 12.8. The molecule has 1 unspecified atom stereocenters. The predicted octanol–water partition coefficient (Wildman–Crippen LogP) is 18.7. The van der Waals surface area contributed by atoms with E-state index in [0.29, 0.717) is 19.3 Å². The number of unbranched alkanes of at least 4 members (excludes halogenated alkanes) is 27. The highest BCUT2D eigenvalue weighted by Gasteiger charge is 2.19. The van der Waals surface area contributed by atoms with Crippen LogP contribution in [-0.4, -0.2) is 37.2 Å². The first-order chi connectivity index (χ1) is 33.5. The highest BCUT2D eigenvalue weighted by molar-refractivity contribution is 5.71. The number of esters is 3.